The number of nitrogens with zero attached hydrogens (tertiary/aromatic N) is 2. The lowest BCUT2D eigenvalue weighted by Crippen LogP contribution is -2.43. The Morgan fingerprint density at radius 2 is 2.04 bits per heavy atom. The molecule has 28 heavy (non-hydrogen) atoms. The van der Waals surface area contributed by atoms with E-state index in [1.54, 1.807) is 20.1 Å². The summed E-state index contributed by atoms with van der Waals surface area (Å²) in [6, 6.07) is 5.01. The fourth-order valence-corrected chi connectivity index (χ4v) is 3.60. The number of rotatable bonds is 7. The summed E-state index contributed by atoms with van der Waals surface area (Å²) in [4.78, 5) is 28.6. The maximum atomic E-state index is 13.4. The molecule has 152 valence electrons. The summed E-state index contributed by atoms with van der Waals surface area (Å²) in [7, 11) is 1.55. The lowest BCUT2D eigenvalue weighted by atomic mass is 10.0. The molecule has 1 saturated heterocycles. The van der Waals surface area contributed by atoms with Crippen LogP contribution in [0.5, 0.6) is 5.75 Å². The van der Waals surface area contributed by atoms with Crippen LogP contribution < -0.4 is 26.2 Å². The Bertz CT molecular complexity index is 916. The van der Waals surface area contributed by atoms with Crippen molar-refractivity contribution in [3.8, 4) is 5.75 Å². The van der Waals surface area contributed by atoms with Crippen molar-refractivity contribution in [2.45, 2.75) is 38.8 Å². The molecule has 2 aromatic rings. The van der Waals surface area contributed by atoms with E-state index in [0.29, 0.717) is 30.3 Å². The number of nitrogens with one attached hydrogen (secondary N) is 2. The van der Waals surface area contributed by atoms with Crippen LogP contribution in [-0.2, 0) is 6.54 Å². The molecule has 0 amide bonds. The highest BCUT2D eigenvalue weighted by Gasteiger charge is 2.21. The first-order valence-electron chi connectivity index (χ1n) is 9.60. The molecule has 7 nitrogen and oxygen atoms in total. The van der Waals surface area contributed by atoms with Gasteiger partial charge in [-0.15, -0.1) is 0 Å². The van der Waals surface area contributed by atoms with E-state index in [1.807, 2.05) is 0 Å². The third-order valence-electron chi connectivity index (χ3n) is 5.21. The quantitative estimate of drug-likeness (QED) is 0.703. The molecule has 1 aliphatic heterocycles. The minimum atomic E-state index is -0.364. The number of halogens is 1. The second kappa shape index (κ2) is 9.05. The van der Waals surface area contributed by atoms with Crippen LogP contribution in [-0.4, -0.2) is 42.3 Å². The summed E-state index contributed by atoms with van der Waals surface area (Å²) in [5.74, 6) is 0.254. The van der Waals surface area contributed by atoms with Crippen LogP contribution >= 0.6 is 0 Å². The minimum absolute atomic E-state index is 0.231. The van der Waals surface area contributed by atoms with Crippen LogP contribution in [0, 0.1) is 12.7 Å². The van der Waals surface area contributed by atoms with Crippen LogP contribution in [0.1, 0.15) is 24.8 Å². The Labute approximate surface area is 163 Å². The molecule has 1 aliphatic rings. The maximum absolute atomic E-state index is 13.4. The van der Waals surface area contributed by atoms with E-state index in [9.17, 15) is 14.0 Å². The average Bonchev–Trinajstić information content (AvgIpc) is 2.71. The summed E-state index contributed by atoms with van der Waals surface area (Å²) < 4.78 is 19.9. The van der Waals surface area contributed by atoms with Crippen molar-refractivity contribution in [3.05, 3.63) is 56.6 Å². The molecule has 2 N–H and O–H groups in total. The van der Waals surface area contributed by atoms with Crippen LogP contribution in [0.25, 0.3) is 0 Å². The van der Waals surface area contributed by atoms with E-state index in [0.717, 1.165) is 38.2 Å². The molecule has 3 rings (SSSR count). The predicted molar refractivity (Wildman–Crippen MR) is 107 cm³/mol. The smallest absolute Gasteiger partial charge is 0.328 e. The zero-order chi connectivity index (χ0) is 20.1. The topological polar surface area (TPSA) is 79.4 Å². The van der Waals surface area contributed by atoms with Gasteiger partial charge in [-0.2, -0.15) is 0 Å². The van der Waals surface area contributed by atoms with E-state index in [2.05, 4.69) is 15.2 Å². The molecule has 0 aliphatic carbocycles. The van der Waals surface area contributed by atoms with Gasteiger partial charge in [0.05, 0.1) is 12.8 Å². The minimum Gasteiger partial charge on any atom is -0.494 e. The second-order valence-corrected chi connectivity index (χ2v) is 7.12. The molecular formula is C20H27FN4O3. The highest BCUT2D eigenvalue weighted by atomic mass is 19.1. The maximum Gasteiger partial charge on any atom is 0.328 e. The van der Waals surface area contributed by atoms with Crippen molar-refractivity contribution in [1.29, 1.82) is 0 Å². The van der Waals surface area contributed by atoms with Gasteiger partial charge in [0.25, 0.3) is 5.56 Å². The van der Waals surface area contributed by atoms with Gasteiger partial charge in [-0.1, -0.05) is 0 Å². The Morgan fingerprint density at radius 3 is 2.75 bits per heavy atom. The third-order valence-corrected chi connectivity index (χ3v) is 5.21. The van der Waals surface area contributed by atoms with Gasteiger partial charge in [-0.3, -0.25) is 9.36 Å². The molecule has 0 saturated carbocycles. The molecule has 2 heterocycles. The van der Waals surface area contributed by atoms with E-state index in [-0.39, 0.29) is 17.1 Å². The van der Waals surface area contributed by atoms with Gasteiger partial charge in [-0.05, 0) is 44.9 Å². The average molecular weight is 390 g/mol. The van der Waals surface area contributed by atoms with Gasteiger partial charge >= 0.3 is 5.69 Å². The summed E-state index contributed by atoms with van der Waals surface area (Å²) >= 11 is 0. The zero-order valence-corrected chi connectivity index (χ0v) is 16.3. The van der Waals surface area contributed by atoms with Gasteiger partial charge < -0.3 is 19.9 Å². The van der Waals surface area contributed by atoms with E-state index >= 15 is 0 Å². The Balaban J connectivity index is 1.46. The van der Waals surface area contributed by atoms with Gasteiger partial charge in [0.1, 0.15) is 11.6 Å². The highest BCUT2D eigenvalue weighted by Crippen LogP contribution is 2.31. The summed E-state index contributed by atoms with van der Waals surface area (Å²) in [5.41, 5.74) is 0.860. The zero-order valence-electron chi connectivity index (χ0n) is 16.3. The van der Waals surface area contributed by atoms with E-state index in [4.69, 9.17) is 4.74 Å². The molecule has 8 heteroatoms. The SMILES string of the molecule is COc1cc(F)ccc1N1CCC(NCCCn2c(=O)[nH]cc(C)c2=O)CC1. The molecular weight excluding hydrogens is 363 g/mol. The van der Waals surface area contributed by atoms with Gasteiger partial charge in [0.2, 0.25) is 0 Å². The van der Waals surface area contributed by atoms with E-state index in [1.165, 1.54) is 22.9 Å². The number of hydrogen-bond donors (Lipinski definition) is 2. The first-order chi connectivity index (χ1) is 13.5. The number of aryl methyl sites for hydroxylation is 1. The molecule has 0 bridgehead atoms. The lowest BCUT2D eigenvalue weighted by Gasteiger charge is -2.34. The Hall–Kier alpha value is -2.61. The highest BCUT2D eigenvalue weighted by molar-refractivity contribution is 5.58. The standard InChI is InChI=1S/C20H27FN4O3/c1-14-13-23-20(27)25(19(14)26)9-3-8-22-16-6-10-24(11-7-16)17-5-4-15(21)12-18(17)28-2/h4-5,12-13,16,22H,3,6-11H2,1-2H3,(H,23,27). The fraction of sp³-hybridized carbons (Fsp3) is 0.500. The largest absolute Gasteiger partial charge is 0.494 e. The molecule has 1 aromatic heterocycles. The Morgan fingerprint density at radius 1 is 1.29 bits per heavy atom. The monoisotopic (exact) mass is 390 g/mol. The van der Waals surface area contributed by atoms with Crippen molar-refractivity contribution in [2.24, 2.45) is 0 Å². The molecule has 0 radical (unpaired) electrons. The number of aromatic amines is 1. The number of H-pyrrole nitrogens is 1. The number of anilines is 1. The van der Waals surface area contributed by atoms with Gasteiger partial charge in [0, 0.05) is 43.5 Å². The van der Waals surface area contributed by atoms with Crippen LogP contribution in [0.4, 0.5) is 10.1 Å². The third kappa shape index (κ3) is 4.62. The lowest BCUT2D eigenvalue weighted by molar-refractivity contribution is 0.392. The summed E-state index contributed by atoms with van der Waals surface area (Å²) in [6.07, 6.45) is 4.08. The number of ether oxygens (including phenoxy) is 1. The molecule has 0 spiro atoms. The number of aromatic nitrogens is 2. The number of methoxy groups -OCH3 is 1. The number of benzene rings is 1. The Kier molecular flexibility index (Phi) is 6.51. The molecule has 0 unspecified atom stereocenters. The van der Waals surface area contributed by atoms with E-state index < -0.39 is 0 Å². The number of piperidine rings is 1. The second-order valence-electron chi connectivity index (χ2n) is 7.12. The molecule has 1 aromatic carbocycles. The normalized spacial score (nSPS) is 15.0. The van der Waals surface area contributed by atoms with Crippen LogP contribution in [0.15, 0.2) is 34.0 Å². The van der Waals surface area contributed by atoms with Gasteiger partial charge in [-0.25, -0.2) is 9.18 Å². The van der Waals surface area contributed by atoms with Gasteiger partial charge in [0.15, 0.2) is 0 Å². The first kappa shape index (κ1) is 20.1. The molecule has 1 fully saturated rings. The predicted octanol–water partition coefficient (Wildman–Crippen LogP) is 1.64. The van der Waals surface area contributed by atoms with Crippen LogP contribution in [0.2, 0.25) is 0 Å². The van der Waals surface area contributed by atoms with Crippen molar-refractivity contribution in [1.82, 2.24) is 14.9 Å². The van der Waals surface area contributed by atoms with Crippen molar-refractivity contribution in [3.63, 3.8) is 0 Å². The van der Waals surface area contributed by atoms with Crippen molar-refractivity contribution < 1.29 is 9.13 Å². The van der Waals surface area contributed by atoms with Crippen molar-refractivity contribution >= 4 is 5.69 Å². The summed E-state index contributed by atoms with van der Waals surface area (Å²) in [5, 5.41) is 3.51. The fourth-order valence-electron chi connectivity index (χ4n) is 3.60. The molecule has 0 atom stereocenters. The van der Waals surface area contributed by atoms with Crippen LogP contribution in [0.3, 0.4) is 0 Å². The van der Waals surface area contributed by atoms with Crippen molar-refractivity contribution in [2.75, 3.05) is 31.6 Å². The first-order valence-corrected chi connectivity index (χ1v) is 9.60. The number of hydrogen-bond acceptors (Lipinski definition) is 5. The summed E-state index contributed by atoms with van der Waals surface area (Å²) in [6.45, 7) is 4.54.